The fourth-order valence-electron chi connectivity index (χ4n) is 1.51. The highest BCUT2D eigenvalue weighted by atomic mass is 16.6. The number of amides is 1. The van der Waals surface area contributed by atoms with E-state index >= 15 is 0 Å². The van der Waals surface area contributed by atoms with Crippen LogP contribution in [0.5, 0.6) is 0 Å². The zero-order chi connectivity index (χ0) is 12.3. The molecule has 5 nitrogen and oxygen atoms in total. The second-order valence-electron chi connectivity index (χ2n) is 3.78. The molecule has 0 N–H and O–H groups in total. The highest BCUT2D eigenvalue weighted by molar-refractivity contribution is 5.83. The molecule has 0 radical (unpaired) electrons. The van der Waals surface area contributed by atoms with Gasteiger partial charge in [0.25, 0.3) is 0 Å². The van der Waals surface area contributed by atoms with Gasteiger partial charge in [0.05, 0.1) is 0 Å². The van der Waals surface area contributed by atoms with Gasteiger partial charge in [0.15, 0.2) is 6.73 Å². The van der Waals surface area contributed by atoms with E-state index < -0.39 is 18.1 Å². The van der Waals surface area contributed by atoms with E-state index in [1.165, 1.54) is 4.90 Å². The van der Waals surface area contributed by atoms with E-state index in [2.05, 4.69) is 0 Å². The van der Waals surface area contributed by atoms with Gasteiger partial charge in [0.2, 0.25) is 0 Å². The monoisotopic (exact) mass is 235 g/mol. The number of hydrogen-bond donors (Lipinski definition) is 0. The zero-order valence-electron chi connectivity index (χ0n) is 9.46. The van der Waals surface area contributed by atoms with Gasteiger partial charge in [-0.2, -0.15) is 0 Å². The van der Waals surface area contributed by atoms with Crippen LogP contribution in [0.3, 0.4) is 0 Å². The predicted octanol–water partition coefficient (Wildman–Crippen LogP) is 1.53. The van der Waals surface area contributed by atoms with E-state index in [4.69, 9.17) is 9.47 Å². The van der Waals surface area contributed by atoms with Crippen molar-refractivity contribution in [1.29, 1.82) is 0 Å². The molecule has 1 heterocycles. The molecule has 1 amide bonds. The number of benzene rings is 1. The number of rotatable bonds is 2. The summed E-state index contributed by atoms with van der Waals surface area (Å²) in [4.78, 5) is 24.0. The van der Waals surface area contributed by atoms with Gasteiger partial charge in [0.1, 0.15) is 12.6 Å². The molecular weight excluding hydrogens is 222 g/mol. The average Bonchev–Trinajstić information content (AvgIpc) is 2.69. The van der Waals surface area contributed by atoms with Gasteiger partial charge in [-0.15, -0.1) is 0 Å². The first-order valence-corrected chi connectivity index (χ1v) is 5.32. The lowest BCUT2D eigenvalue weighted by Gasteiger charge is -2.16. The lowest BCUT2D eigenvalue weighted by Crippen LogP contribution is -2.36. The largest absolute Gasteiger partial charge is 0.444 e. The molecule has 1 aromatic rings. The van der Waals surface area contributed by atoms with Crippen molar-refractivity contribution in [2.45, 2.75) is 19.6 Å². The molecule has 0 aromatic heterocycles. The van der Waals surface area contributed by atoms with Crippen LogP contribution in [0.25, 0.3) is 0 Å². The topological polar surface area (TPSA) is 55.8 Å². The first-order valence-electron chi connectivity index (χ1n) is 5.32. The number of cyclic esters (lactones) is 1. The normalized spacial score (nSPS) is 19.0. The van der Waals surface area contributed by atoms with E-state index in [1.54, 1.807) is 6.92 Å². The smallest absolute Gasteiger partial charge is 0.413 e. The number of hydrogen-bond acceptors (Lipinski definition) is 4. The minimum atomic E-state index is -0.571. The van der Waals surface area contributed by atoms with Crippen molar-refractivity contribution in [2.24, 2.45) is 0 Å². The van der Waals surface area contributed by atoms with E-state index in [0.717, 1.165) is 5.56 Å². The number of ether oxygens (including phenoxy) is 2. The molecule has 1 saturated heterocycles. The molecule has 2 rings (SSSR count). The van der Waals surface area contributed by atoms with Crippen LogP contribution in [0, 0.1) is 0 Å². The van der Waals surface area contributed by atoms with E-state index in [0.29, 0.717) is 0 Å². The maximum Gasteiger partial charge on any atom is 0.413 e. The second kappa shape index (κ2) is 4.86. The minimum Gasteiger partial charge on any atom is -0.444 e. The Balaban J connectivity index is 1.88. The molecule has 17 heavy (non-hydrogen) atoms. The van der Waals surface area contributed by atoms with Crippen molar-refractivity contribution in [3.63, 3.8) is 0 Å². The molecule has 1 atom stereocenters. The summed E-state index contributed by atoms with van der Waals surface area (Å²) >= 11 is 0. The first-order chi connectivity index (χ1) is 8.18. The molecule has 1 aliphatic rings. The van der Waals surface area contributed by atoms with Gasteiger partial charge in [-0.1, -0.05) is 30.3 Å². The molecule has 0 unspecified atom stereocenters. The van der Waals surface area contributed by atoms with Gasteiger partial charge in [0, 0.05) is 0 Å². The third-order valence-electron chi connectivity index (χ3n) is 2.59. The van der Waals surface area contributed by atoms with Gasteiger partial charge < -0.3 is 9.47 Å². The molecule has 0 spiro atoms. The Kier molecular flexibility index (Phi) is 3.27. The Morgan fingerprint density at radius 2 is 2.18 bits per heavy atom. The maximum absolute atomic E-state index is 11.6. The average molecular weight is 235 g/mol. The SMILES string of the molecule is C[C@@H]1C(=O)OCN1C(=O)OCc1ccccc1. The molecule has 0 saturated carbocycles. The Morgan fingerprint density at radius 1 is 1.47 bits per heavy atom. The zero-order valence-corrected chi connectivity index (χ0v) is 9.46. The summed E-state index contributed by atoms with van der Waals surface area (Å²) in [6.07, 6.45) is -0.535. The summed E-state index contributed by atoms with van der Waals surface area (Å²) in [6.45, 7) is 1.77. The third kappa shape index (κ3) is 2.55. The molecule has 1 aliphatic heterocycles. The Bertz CT molecular complexity index is 418. The second-order valence-corrected chi connectivity index (χ2v) is 3.78. The molecule has 1 fully saturated rings. The van der Waals surface area contributed by atoms with Crippen LogP contribution >= 0.6 is 0 Å². The van der Waals surface area contributed by atoms with Crippen molar-refractivity contribution in [3.05, 3.63) is 35.9 Å². The fraction of sp³-hybridized carbons (Fsp3) is 0.333. The van der Waals surface area contributed by atoms with Crippen LogP contribution in [0.4, 0.5) is 4.79 Å². The van der Waals surface area contributed by atoms with Gasteiger partial charge in [-0.05, 0) is 12.5 Å². The van der Waals surface area contributed by atoms with E-state index in [9.17, 15) is 9.59 Å². The highest BCUT2D eigenvalue weighted by Gasteiger charge is 2.35. The van der Waals surface area contributed by atoms with Crippen LogP contribution in [0.1, 0.15) is 12.5 Å². The van der Waals surface area contributed by atoms with Crippen LogP contribution in [0.2, 0.25) is 0 Å². The fourth-order valence-corrected chi connectivity index (χ4v) is 1.51. The predicted molar refractivity (Wildman–Crippen MR) is 58.9 cm³/mol. The summed E-state index contributed by atoms with van der Waals surface area (Å²) in [7, 11) is 0. The van der Waals surface area contributed by atoms with Crippen molar-refractivity contribution in [1.82, 2.24) is 4.90 Å². The van der Waals surface area contributed by atoms with Gasteiger partial charge in [-0.25, -0.2) is 9.59 Å². The van der Waals surface area contributed by atoms with Crippen molar-refractivity contribution < 1.29 is 19.1 Å². The summed E-state index contributed by atoms with van der Waals surface area (Å²) < 4.78 is 9.82. The number of nitrogens with zero attached hydrogens (tertiary/aromatic N) is 1. The summed E-state index contributed by atoms with van der Waals surface area (Å²) in [5.41, 5.74) is 0.903. The lowest BCUT2D eigenvalue weighted by atomic mass is 10.2. The standard InChI is InChI=1S/C12H13NO4/c1-9-11(14)17-8-13(9)12(15)16-7-10-5-3-2-4-6-10/h2-6,9H,7-8H2,1H3/t9-/m1/s1. The number of carbonyl (C=O) groups is 2. The number of esters is 1. The van der Waals surface area contributed by atoms with Crippen LogP contribution < -0.4 is 0 Å². The van der Waals surface area contributed by atoms with E-state index in [-0.39, 0.29) is 13.3 Å². The van der Waals surface area contributed by atoms with Crippen LogP contribution in [-0.4, -0.2) is 29.7 Å². The summed E-state index contributed by atoms with van der Waals surface area (Å²) in [5.74, 6) is -0.401. The first kappa shape index (κ1) is 11.4. The molecular formula is C12H13NO4. The van der Waals surface area contributed by atoms with E-state index in [1.807, 2.05) is 30.3 Å². The summed E-state index contributed by atoms with van der Waals surface area (Å²) in [6, 6.07) is 8.78. The Morgan fingerprint density at radius 3 is 2.76 bits per heavy atom. The molecule has 0 bridgehead atoms. The minimum absolute atomic E-state index is 0.0341. The van der Waals surface area contributed by atoms with Crippen molar-refractivity contribution in [2.75, 3.05) is 6.73 Å². The quantitative estimate of drug-likeness (QED) is 0.729. The summed E-state index contributed by atoms with van der Waals surface area (Å²) in [5, 5.41) is 0. The lowest BCUT2D eigenvalue weighted by molar-refractivity contribution is -0.138. The van der Waals surface area contributed by atoms with Crippen molar-refractivity contribution >= 4 is 12.1 Å². The van der Waals surface area contributed by atoms with Gasteiger partial charge >= 0.3 is 12.1 Å². The molecule has 90 valence electrons. The molecule has 5 heteroatoms. The van der Waals surface area contributed by atoms with Crippen LogP contribution in [0.15, 0.2) is 30.3 Å². The Labute approximate surface area is 98.9 Å². The molecule has 0 aliphatic carbocycles. The number of carbonyl (C=O) groups excluding carboxylic acids is 2. The van der Waals surface area contributed by atoms with Crippen molar-refractivity contribution in [3.8, 4) is 0 Å². The molecule has 1 aromatic carbocycles. The Hall–Kier alpha value is -2.04. The maximum atomic E-state index is 11.6. The third-order valence-corrected chi connectivity index (χ3v) is 2.59. The van der Waals surface area contributed by atoms with Crippen LogP contribution in [-0.2, 0) is 20.9 Å². The highest BCUT2D eigenvalue weighted by Crippen LogP contribution is 2.12. The van der Waals surface area contributed by atoms with Gasteiger partial charge in [-0.3, -0.25) is 4.90 Å².